The Morgan fingerprint density at radius 2 is 2.12 bits per heavy atom. The van der Waals surface area contributed by atoms with E-state index in [1.807, 2.05) is 36.9 Å². The Balaban J connectivity index is 2.50. The highest BCUT2D eigenvalue weighted by Crippen LogP contribution is 2.28. The van der Waals surface area contributed by atoms with Crippen molar-refractivity contribution in [1.82, 2.24) is 14.8 Å². The van der Waals surface area contributed by atoms with E-state index in [4.69, 9.17) is 11.6 Å². The van der Waals surface area contributed by atoms with Gasteiger partial charge >= 0.3 is 0 Å². The van der Waals surface area contributed by atoms with Gasteiger partial charge in [-0.05, 0) is 34.1 Å². The van der Waals surface area contributed by atoms with E-state index in [2.05, 4.69) is 31.4 Å². The molecule has 1 N–H and O–H groups in total. The number of nitrogens with one attached hydrogen (secondary N) is 1. The Labute approximate surface area is 107 Å². The third-order valence-electron chi connectivity index (χ3n) is 2.28. The number of rotatable bonds is 2. The Hall–Kier alpha value is -1.07. The standard InChI is InChI=1S/C10H10BrClN4/c1-13-10-15-14-9(16(10)2)6-3-4-8(12)7(11)5-6/h3-5H,1-2H3,(H,13,15). The lowest BCUT2D eigenvalue weighted by atomic mass is 10.2. The van der Waals surface area contributed by atoms with Gasteiger partial charge in [-0.25, -0.2) is 0 Å². The molecule has 84 valence electrons. The average molecular weight is 302 g/mol. The topological polar surface area (TPSA) is 42.7 Å². The normalized spacial score (nSPS) is 10.5. The molecule has 0 spiro atoms. The molecule has 1 aromatic carbocycles. The largest absolute Gasteiger partial charge is 0.357 e. The maximum absolute atomic E-state index is 5.94. The minimum atomic E-state index is 0.680. The van der Waals surface area contributed by atoms with Crippen molar-refractivity contribution in [2.45, 2.75) is 0 Å². The molecule has 16 heavy (non-hydrogen) atoms. The summed E-state index contributed by atoms with van der Waals surface area (Å²) < 4.78 is 2.73. The third kappa shape index (κ3) is 1.92. The van der Waals surface area contributed by atoms with E-state index in [1.54, 1.807) is 0 Å². The number of benzene rings is 1. The highest BCUT2D eigenvalue weighted by molar-refractivity contribution is 9.10. The number of halogens is 2. The number of anilines is 1. The predicted molar refractivity (Wildman–Crippen MR) is 68.7 cm³/mol. The molecule has 0 atom stereocenters. The van der Waals surface area contributed by atoms with Crippen LogP contribution in [-0.2, 0) is 7.05 Å². The maximum Gasteiger partial charge on any atom is 0.224 e. The van der Waals surface area contributed by atoms with Gasteiger partial charge in [0.2, 0.25) is 5.95 Å². The molecule has 0 bridgehead atoms. The maximum atomic E-state index is 5.94. The van der Waals surface area contributed by atoms with E-state index in [0.717, 1.165) is 21.8 Å². The van der Waals surface area contributed by atoms with Crippen LogP contribution in [0.2, 0.25) is 5.02 Å². The molecule has 0 aliphatic heterocycles. The van der Waals surface area contributed by atoms with Gasteiger partial charge in [0.05, 0.1) is 5.02 Å². The van der Waals surface area contributed by atoms with Crippen LogP contribution in [0, 0.1) is 0 Å². The molecule has 0 unspecified atom stereocenters. The summed E-state index contributed by atoms with van der Waals surface area (Å²) in [5, 5.41) is 11.8. The van der Waals surface area contributed by atoms with Crippen LogP contribution < -0.4 is 5.32 Å². The van der Waals surface area contributed by atoms with Crippen LogP contribution in [0.1, 0.15) is 0 Å². The van der Waals surface area contributed by atoms with Crippen molar-refractivity contribution in [2.24, 2.45) is 7.05 Å². The summed E-state index contributed by atoms with van der Waals surface area (Å²) in [6.07, 6.45) is 0. The van der Waals surface area contributed by atoms with E-state index in [1.165, 1.54) is 0 Å². The molecule has 4 nitrogen and oxygen atoms in total. The molecule has 2 rings (SSSR count). The van der Waals surface area contributed by atoms with Crippen molar-refractivity contribution >= 4 is 33.5 Å². The van der Waals surface area contributed by atoms with Crippen LogP contribution in [0.3, 0.4) is 0 Å². The van der Waals surface area contributed by atoms with Crippen LogP contribution in [-0.4, -0.2) is 21.8 Å². The van der Waals surface area contributed by atoms with E-state index < -0.39 is 0 Å². The Morgan fingerprint density at radius 1 is 1.38 bits per heavy atom. The van der Waals surface area contributed by atoms with Crippen LogP contribution >= 0.6 is 27.5 Å². The summed E-state index contributed by atoms with van der Waals surface area (Å²) in [6.45, 7) is 0. The first-order valence-electron chi connectivity index (χ1n) is 4.66. The number of aromatic nitrogens is 3. The molecule has 2 aromatic rings. The molecule has 0 radical (unpaired) electrons. The van der Waals surface area contributed by atoms with Crippen molar-refractivity contribution in [3.8, 4) is 11.4 Å². The number of nitrogens with zero attached hydrogens (tertiary/aromatic N) is 3. The van der Waals surface area contributed by atoms with Gasteiger partial charge in [0.15, 0.2) is 5.82 Å². The lowest BCUT2D eigenvalue weighted by Crippen LogP contribution is -1.99. The second kappa shape index (κ2) is 4.43. The van der Waals surface area contributed by atoms with Crippen molar-refractivity contribution in [1.29, 1.82) is 0 Å². The fourth-order valence-corrected chi connectivity index (χ4v) is 1.93. The fourth-order valence-electron chi connectivity index (χ4n) is 1.43. The Morgan fingerprint density at radius 3 is 2.69 bits per heavy atom. The first-order chi connectivity index (χ1) is 7.63. The van der Waals surface area contributed by atoms with Gasteiger partial charge in [0.1, 0.15) is 0 Å². The monoisotopic (exact) mass is 300 g/mol. The van der Waals surface area contributed by atoms with E-state index in [0.29, 0.717) is 5.02 Å². The quantitative estimate of drug-likeness (QED) is 0.927. The van der Waals surface area contributed by atoms with Gasteiger partial charge in [-0.15, -0.1) is 10.2 Å². The third-order valence-corrected chi connectivity index (χ3v) is 3.49. The lowest BCUT2D eigenvalue weighted by Gasteiger charge is -2.04. The molecule has 6 heteroatoms. The summed E-state index contributed by atoms with van der Waals surface area (Å²) in [5.74, 6) is 1.52. The van der Waals surface area contributed by atoms with Crippen molar-refractivity contribution in [3.05, 3.63) is 27.7 Å². The minimum absolute atomic E-state index is 0.680. The van der Waals surface area contributed by atoms with Crippen LogP contribution in [0.15, 0.2) is 22.7 Å². The van der Waals surface area contributed by atoms with E-state index >= 15 is 0 Å². The summed E-state index contributed by atoms with van der Waals surface area (Å²) in [6, 6.07) is 5.66. The van der Waals surface area contributed by atoms with Crippen molar-refractivity contribution in [3.63, 3.8) is 0 Å². The fraction of sp³-hybridized carbons (Fsp3) is 0.200. The molecule has 0 saturated heterocycles. The molecule has 1 aromatic heterocycles. The zero-order valence-corrected chi connectivity index (χ0v) is 11.2. The molecular weight excluding hydrogens is 291 g/mol. The van der Waals surface area contributed by atoms with Gasteiger partial charge in [0.25, 0.3) is 0 Å². The van der Waals surface area contributed by atoms with Gasteiger partial charge in [-0.3, -0.25) is 4.57 Å². The van der Waals surface area contributed by atoms with Crippen LogP contribution in [0.25, 0.3) is 11.4 Å². The molecule has 1 heterocycles. The molecule has 0 amide bonds. The summed E-state index contributed by atoms with van der Waals surface area (Å²) in [5.41, 5.74) is 0.966. The zero-order chi connectivity index (χ0) is 11.7. The van der Waals surface area contributed by atoms with Crippen LogP contribution in [0.5, 0.6) is 0 Å². The number of hydrogen-bond donors (Lipinski definition) is 1. The Kier molecular flexibility index (Phi) is 3.16. The highest BCUT2D eigenvalue weighted by Gasteiger charge is 2.10. The molecule has 0 aliphatic carbocycles. The highest BCUT2D eigenvalue weighted by atomic mass is 79.9. The molecule has 0 saturated carbocycles. The average Bonchev–Trinajstić information content (AvgIpc) is 2.64. The number of hydrogen-bond acceptors (Lipinski definition) is 3. The Bertz CT molecular complexity index is 524. The molecule has 0 aliphatic rings. The smallest absolute Gasteiger partial charge is 0.224 e. The van der Waals surface area contributed by atoms with Gasteiger partial charge in [-0.1, -0.05) is 11.6 Å². The first-order valence-corrected chi connectivity index (χ1v) is 5.83. The van der Waals surface area contributed by atoms with Crippen molar-refractivity contribution < 1.29 is 0 Å². The summed E-state index contributed by atoms with van der Waals surface area (Å²) in [4.78, 5) is 0. The summed E-state index contributed by atoms with van der Waals surface area (Å²) in [7, 11) is 3.72. The van der Waals surface area contributed by atoms with Gasteiger partial charge in [-0.2, -0.15) is 0 Å². The second-order valence-corrected chi connectivity index (χ2v) is 4.55. The van der Waals surface area contributed by atoms with Gasteiger partial charge in [0, 0.05) is 24.1 Å². The van der Waals surface area contributed by atoms with E-state index in [9.17, 15) is 0 Å². The van der Waals surface area contributed by atoms with Crippen LogP contribution in [0.4, 0.5) is 5.95 Å². The molecular formula is C10H10BrClN4. The minimum Gasteiger partial charge on any atom is -0.357 e. The van der Waals surface area contributed by atoms with Crippen molar-refractivity contribution in [2.75, 3.05) is 12.4 Å². The zero-order valence-electron chi connectivity index (χ0n) is 8.83. The molecule has 0 fully saturated rings. The summed E-state index contributed by atoms with van der Waals surface area (Å²) >= 11 is 9.33. The first kappa shape index (κ1) is 11.4. The predicted octanol–water partition coefficient (Wildman–Crippen LogP) is 2.94. The SMILES string of the molecule is CNc1nnc(-c2ccc(Cl)c(Br)c2)n1C. The van der Waals surface area contributed by atoms with Gasteiger partial charge < -0.3 is 5.32 Å². The van der Waals surface area contributed by atoms with E-state index in [-0.39, 0.29) is 0 Å². The lowest BCUT2D eigenvalue weighted by molar-refractivity contribution is 0.925. The second-order valence-electron chi connectivity index (χ2n) is 3.29.